The van der Waals surface area contributed by atoms with Crippen molar-refractivity contribution < 1.29 is 9.90 Å². The van der Waals surface area contributed by atoms with Crippen LogP contribution in [0.2, 0.25) is 0 Å². The molecule has 5 rings (SSSR count). The van der Waals surface area contributed by atoms with Gasteiger partial charge in [0.1, 0.15) is 5.82 Å². The van der Waals surface area contributed by atoms with Crippen LogP contribution in [-0.4, -0.2) is 20.6 Å². The van der Waals surface area contributed by atoms with Gasteiger partial charge in [-0.25, -0.2) is 4.98 Å². The number of aryl methyl sites for hydroxylation is 1. The second-order valence-corrected chi connectivity index (χ2v) is 7.18. The van der Waals surface area contributed by atoms with E-state index in [0.717, 1.165) is 29.5 Å². The van der Waals surface area contributed by atoms with Gasteiger partial charge in [0.05, 0.1) is 12.1 Å². The molecule has 0 amide bonds. The van der Waals surface area contributed by atoms with Crippen molar-refractivity contribution in [2.24, 2.45) is 23.7 Å². The Morgan fingerprint density at radius 2 is 1.85 bits per heavy atom. The number of aliphatic carboxylic acids is 1. The highest BCUT2D eigenvalue weighted by molar-refractivity contribution is 5.69. The van der Waals surface area contributed by atoms with Crippen molar-refractivity contribution >= 4 is 5.97 Å². The van der Waals surface area contributed by atoms with Gasteiger partial charge in [0.25, 0.3) is 0 Å². The number of aromatic nitrogens is 2. The van der Waals surface area contributed by atoms with Crippen LogP contribution in [0.5, 0.6) is 0 Å². The minimum absolute atomic E-state index is 0.0428. The monoisotopic (exact) mass is 274 g/mol. The molecule has 0 aromatic carbocycles. The largest absolute Gasteiger partial charge is 0.481 e. The van der Waals surface area contributed by atoms with E-state index in [0.29, 0.717) is 11.7 Å². The summed E-state index contributed by atoms with van der Waals surface area (Å²) in [5.41, 5.74) is 0.712. The fourth-order valence-corrected chi connectivity index (χ4v) is 5.44. The van der Waals surface area contributed by atoms with Crippen LogP contribution in [0.1, 0.15) is 49.7 Å². The summed E-state index contributed by atoms with van der Waals surface area (Å²) in [7, 11) is 0. The lowest BCUT2D eigenvalue weighted by Gasteiger charge is -2.54. The Kier molecular flexibility index (Phi) is 2.69. The van der Waals surface area contributed by atoms with Gasteiger partial charge in [-0.05, 0) is 62.7 Å². The van der Waals surface area contributed by atoms with E-state index in [4.69, 9.17) is 5.11 Å². The highest BCUT2D eigenvalue weighted by Gasteiger charge is 2.49. The Morgan fingerprint density at radius 1 is 1.25 bits per heavy atom. The van der Waals surface area contributed by atoms with Crippen molar-refractivity contribution in [1.29, 1.82) is 0 Å². The average molecular weight is 274 g/mol. The SMILES string of the molecule is Cc1nc(CC(=O)O)cn1C1C2CC3CC(C2)CC1C3. The number of nitrogens with zero attached hydrogens (tertiary/aromatic N) is 2. The Balaban J connectivity index is 1.64. The lowest BCUT2D eigenvalue weighted by Crippen LogP contribution is -2.46. The maximum absolute atomic E-state index is 10.9. The molecule has 4 saturated carbocycles. The molecule has 0 radical (unpaired) electrons. The van der Waals surface area contributed by atoms with E-state index in [2.05, 4.69) is 9.55 Å². The van der Waals surface area contributed by atoms with Gasteiger partial charge < -0.3 is 9.67 Å². The summed E-state index contributed by atoms with van der Waals surface area (Å²) in [5, 5.41) is 8.93. The van der Waals surface area contributed by atoms with E-state index in [1.54, 1.807) is 0 Å². The summed E-state index contributed by atoms with van der Waals surface area (Å²) in [4.78, 5) is 15.3. The number of hydrogen-bond acceptors (Lipinski definition) is 2. The van der Waals surface area contributed by atoms with Crippen LogP contribution in [-0.2, 0) is 11.2 Å². The van der Waals surface area contributed by atoms with Gasteiger partial charge >= 0.3 is 5.97 Å². The zero-order valence-electron chi connectivity index (χ0n) is 12.0. The molecule has 0 atom stereocenters. The fourth-order valence-electron chi connectivity index (χ4n) is 5.44. The second kappa shape index (κ2) is 4.34. The number of carboxylic acids is 1. The molecule has 1 aromatic rings. The maximum Gasteiger partial charge on any atom is 0.309 e. The molecule has 0 saturated heterocycles. The summed E-state index contributed by atoms with van der Waals surface area (Å²) in [6.45, 7) is 2.02. The fraction of sp³-hybridized carbons (Fsp3) is 0.750. The zero-order valence-corrected chi connectivity index (χ0v) is 12.0. The highest BCUT2D eigenvalue weighted by Crippen LogP contribution is 2.58. The van der Waals surface area contributed by atoms with E-state index >= 15 is 0 Å². The molecule has 1 heterocycles. The third-order valence-electron chi connectivity index (χ3n) is 5.80. The minimum atomic E-state index is -0.792. The van der Waals surface area contributed by atoms with Gasteiger partial charge in [-0.15, -0.1) is 0 Å². The Bertz CT molecular complexity index is 521. The van der Waals surface area contributed by atoms with Crippen LogP contribution < -0.4 is 0 Å². The predicted molar refractivity (Wildman–Crippen MR) is 74.4 cm³/mol. The second-order valence-electron chi connectivity index (χ2n) is 7.18. The standard InChI is InChI=1S/C16H22N2O2/c1-9-17-14(7-15(19)20)8-18(9)16-12-3-10-2-11(5-12)6-13(16)4-10/h8,10-13,16H,2-7H2,1H3,(H,19,20). The number of rotatable bonds is 3. The molecule has 20 heavy (non-hydrogen) atoms. The van der Waals surface area contributed by atoms with Crippen LogP contribution in [0.3, 0.4) is 0 Å². The molecule has 4 aliphatic rings. The molecule has 4 fully saturated rings. The topological polar surface area (TPSA) is 55.1 Å². The lowest BCUT2D eigenvalue weighted by atomic mass is 9.54. The van der Waals surface area contributed by atoms with Gasteiger partial charge in [0.15, 0.2) is 0 Å². The average Bonchev–Trinajstić information content (AvgIpc) is 2.68. The molecular weight excluding hydrogens is 252 g/mol. The first-order valence-electron chi connectivity index (χ1n) is 7.86. The summed E-state index contributed by atoms with van der Waals surface area (Å²) in [5.74, 6) is 3.75. The molecule has 4 bridgehead atoms. The van der Waals surface area contributed by atoms with E-state index in [1.807, 2.05) is 13.1 Å². The quantitative estimate of drug-likeness (QED) is 0.922. The van der Waals surface area contributed by atoms with E-state index in [-0.39, 0.29) is 6.42 Å². The third-order valence-corrected chi connectivity index (χ3v) is 5.80. The Labute approximate surface area is 119 Å². The van der Waals surface area contributed by atoms with E-state index in [9.17, 15) is 4.79 Å². The van der Waals surface area contributed by atoms with Crippen molar-refractivity contribution in [2.45, 2.75) is 51.5 Å². The van der Waals surface area contributed by atoms with Crippen molar-refractivity contribution in [1.82, 2.24) is 9.55 Å². The summed E-state index contributed by atoms with van der Waals surface area (Å²) in [6.07, 6.45) is 9.03. The smallest absolute Gasteiger partial charge is 0.309 e. The Hall–Kier alpha value is -1.32. The van der Waals surface area contributed by atoms with Crippen LogP contribution >= 0.6 is 0 Å². The first kappa shape index (κ1) is 12.4. The van der Waals surface area contributed by atoms with E-state index < -0.39 is 5.97 Å². The first-order valence-corrected chi connectivity index (χ1v) is 7.86. The van der Waals surface area contributed by atoms with Crippen molar-refractivity contribution in [3.05, 3.63) is 17.7 Å². The predicted octanol–water partition coefficient (Wildman–Crippen LogP) is 2.82. The van der Waals surface area contributed by atoms with E-state index in [1.165, 1.54) is 32.1 Å². The van der Waals surface area contributed by atoms with Gasteiger partial charge in [0, 0.05) is 12.2 Å². The van der Waals surface area contributed by atoms with Gasteiger partial charge in [-0.2, -0.15) is 0 Å². The molecular formula is C16H22N2O2. The first-order chi connectivity index (χ1) is 9.60. The summed E-state index contributed by atoms with van der Waals surface area (Å²) >= 11 is 0. The Morgan fingerprint density at radius 3 is 2.40 bits per heavy atom. The van der Waals surface area contributed by atoms with Crippen molar-refractivity contribution in [3.8, 4) is 0 Å². The molecule has 1 N–H and O–H groups in total. The maximum atomic E-state index is 10.9. The van der Waals surface area contributed by atoms with Crippen LogP contribution in [0, 0.1) is 30.6 Å². The van der Waals surface area contributed by atoms with Crippen molar-refractivity contribution in [3.63, 3.8) is 0 Å². The molecule has 4 heteroatoms. The summed E-state index contributed by atoms with van der Waals surface area (Å²) < 4.78 is 2.31. The molecule has 4 aliphatic carbocycles. The normalized spacial score (nSPS) is 38.4. The summed E-state index contributed by atoms with van der Waals surface area (Å²) in [6, 6.07) is 0.581. The molecule has 108 valence electrons. The molecule has 1 aromatic heterocycles. The van der Waals surface area contributed by atoms with Crippen LogP contribution in [0.4, 0.5) is 0 Å². The van der Waals surface area contributed by atoms with Gasteiger partial charge in [-0.3, -0.25) is 4.79 Å². The molecule has 0 unspecified atom stereocenters. The van der Waals surface area contributed by atoms with Gasteiger partial charge in [-0.1, -0.05) is 0 Å². The number of hydrogen-bond donors (Lipinski definition) is 1. The number of carboxylic acid groups (broad SMARTS) is 1. The molecule has 0 spiro atoms. The van der Waals surface area contributed by atoms with Crippen molar-refractivity contribution in [2.75, 3.05) is 0 Å². The number of imidazole rings is 1. The minimum Gasteiger partial charge on any atom is -0.481 e. The zero-order chi connectivity index (χ0) is 13.9. The third kappa shape index (κ3) is 1.88. The number of carbonyl (C=O) groups is 1. The lowest BCUT2D eigenvalue weighted by molar-refractivity contribution is -0.136. The van der Waals surface area contributed by atoms with Gasteiger partial charge in [0.2, 0.25) is 0 Å². The van der Waals surface area contributed by atoms with Crippen LogP contribution in [0.25, 0.3) is 0 Å². The van der Waals surface area contributed by atoms with Crippen LogP contribution in [0.15, 0.2) is 6.20 Å². The molecule has 0 aliphatic heterocycles. The highest BCUT2D eigenvalue weighted by atomic mass is 16.4. The molecule has 4 nitrogen and oxygen atoms in total.